The van der Waals surface area contributed by atoms with E-state index in [9.17, 15) is 0 Å². The van der Waals surface area contributed by atoms with Crippen molar-refractivity contribution in [3.05, 3.63) is 41.8 Å². The Kier molecular flexibility index (Phi) is 5.12. The first-order valence-corrected chi connectivity index (χ1v) is 8.07. The molecule has 0 fully saturated rings. The van der Waals surface area contributed by atoms with E-state index in [1.807, 2.05) is 30.3 Å². The fraction of sp³-hybridized carbons (Fsp3) is 0.412. The number of nitrogens with one attached hydrogen (secondary N) is 1. The normalized spacial score (nSPS) is 19.0. The molecule has 24 heavy (non-hydrogen) atoms. The van der Waals surface area contributed by atoms with Crippen LogP contribution in [0.3, 0.4) is 0 Å². The van der Waals surface area contributed by atoms with Crippen LogP contribution in [-0.2, 0) is 17.8 Å². The molecule has 2 aliphatic heterocycles. The SMILES string of the molecule is CC[C@@H]1ONN=C1N1CCc2nc(-c3ccccc3)oc2C1.CO.[HH]. The van der Waals surface area contributed by atoms with E-state index in [2.05, 4.69) is 27.5 Å². The minimum absolute atomic E-state index is 0. The van der Waals surface area contributed by atoms with Crippen LogP contribution in [0.15, 0.2) is 39.9 Å². The topological polar surface area (TPSA) is 83.1 Å². The Morgan fingerprint density at radius 1 is 1.33 bits per heavy atom. The van der Waals surface area contributed by atoms with Crippen LogP contribution >= 0.6 is 0 Å². The Balaban J connectivity index is 0.000000726. The summed E-state index contributed by atoms with van der Waals surface area (Å²) < 4.78 is 5.98. The van der Waals surface area contributed by atoms with E-state index >= 15 is 0 Å². The molecular formula is C17H24N4O3. The average molecular weight is 332 g/mol. The quantitative estimate of drug-likeness (QED) is 0.877. The van der Waals surface area contributed by atoms with Gasteiger partial charge in [0.25, 0.3) is 0 Å². The zero-order valence-corrected chi connectivity index (χ0v) is 13.9. The summed E-state index contributed by atoms with van der Waals surface area (Å²) in [4.78, 5) is 12.2. The first-order chi connectivity index (χ1) is 11.8. The Morgan fingerprint density at radius 2 is 2.12 bits per heavy atom. The highest BCUT2D eigenvalue weighted by molar-refractivity contribution is 5.87. The molecule has 7 heteroatoms. The summed E-state index contributed by atoms with van der Waals surface area (Å²) in [6.07, 6.45) is 1.76. The molecule has 7 nitrogen and oxygen atoms in total. The third kappa shape index (κ3) is 3.13. The molecule has 3 heterocycles. The number of aliphatic hydroxyl groups is 1. The zero-order valence-electron chi connectivity index (χ0n) is 13.9. The summed E-state index contributed by atoms with van der Waals surface area (Å²) in [5.74, 6) is 2.57. The summed E-state index contributed by atoms with van der Waals surface area (Å²) in [5, 5.41) is 11.3. The molecular weight excluding hydrogens is 308 g/mol. The molecule has 2 N–H and O–H groups in total. The van der Waals surface area contributed by atoms with Gasteiger partial charge < -0.3 is 14.4 Å². The van der Waals surface area contributed by atoms with E-state index < -0.39 is 0 Å². The number of hydrazone groups is 1. The van der Waals surface area contributed by atoms with Crippen molar-refractivity contribution in [1.29, 1.82) is 0 Å². The second-order valence-corrected chi connectivity index (χ2v) is 5.50. The first-order valence-electron chi connectivity index (χ1n) is 8.07. The molecule has 2 aliphatic rings. The lowest BCUT2D eigenvalue weighted by molar-refractivity contribution is 0.0303. The van der Waals surface area contributed by atoms with Gasteiger partial charge in [-0.2, -0.15) is 5.59 Å². The number of benzene rings is 1. The Labute approximate surface area is 142 Å². The van der Waals surface area contributed by atoms with Crippen LogP contribution in [0.5, 0.6) is 0 Å². The third-order valence-electron chi connectivity index (χ3n) is 4.09. The molecule has 2 aromatic rings. The van der Waals surface area contributed by atoms with Crippen LogP contribution in [0, 0.1) is 0 Å². The lowest BCUT2D eigenvalue weighted by Crippen LogP contribution is -2.40. The van der Waals surface area contributed by atoms with Crippen LogP contribution in [0.4, 0.5) is 0 Å². The molecule has 4 rings (SSSR count). The van der Waals surface area contributed by atoms with Crippen molar-refractivity contribution in [2.75, 3.05) is 13.7 Å². The van der Waals surface area contributed by atoms with Crippen molar-refractivity contribution in [2.24, 2.45) is 5.10 Å². The zero-order chi connectivity index (χ0) is 16.9. The van der Waals surface area contributed by atoms with Gasteiger partial charge in [0.15, 0.2) is 5.84 Å². The maximum Gasteiger partial charge on any atom is 0.226 e. The van der Waals surface area contributed by atoms with Gasteiger partial charge in [-0.3, -0.25) is 0 Å². The highest BCUT2D eigenvalue weighted by atomic mass is 16.7. The predicted octanol–water partition coefficient (Wildman–Crippen LogP) is 2.18. The molecule has 1 atom stereocenters. The molecule has 0 bridgehead atoms. The highest BCUT2D eigenvalue weighted by Gasteiger charge is 2.31. The number of hydrogen-bond donors (Lipinski definition) is 2. The number of fused-ring (bicyclic) bond motifs is 1. The summed E-state index contributed by atoms with van der Waals surface area (Å²) >= 11 is 0. The van der Waals surface area contributed by atoms with Crippen LogP contribution in [-0.4, -0.2) is 40.6 Å². The molecule has 0 radical (unpaired) electrons. The third-order valence-corrected chi connectivity index (χ3v) is 4.09. The molecule has 0 spiro atoms. The van der Waals surface area contributed by atoms with Crippen LogP contribution in [0.25, 0.3) is 11.5 Å². The minimum atomic E-state index is 0. The van der Waals surface area contributed by atoms with Gasteiger partial charge in [-0.05, 0) is 18.6 Å². The number of amidine groups is 1. The predicted molar refractivity (Wildman–Crippen MR) is 92.0 cm³/mol. The molecule has 1 aromatic heterocycles. The van der Waals surface area contributed by atoms with E-state index in [-0.39, 0.29) is 7.53 Å². The average Bonchev–Trinajstić information content (AvgIpc) is 3.30. The van der Waals surface area contributed by atoms with Gasteiger partial charge in [-0.15, -0.1) is 5.10 Å². The maximum absolute atomic E-state index is 7.00. The molecule has 0 unspecified atom stereocenters. The lowest BCUT2D eigenvalue weighted by atomic mass is 10.1. The first kappa shape index (κ1) is 16.5. The van der Waals surface area contributed by atoms with Gasteiger partial charge >= 0.3 is 0 Å². The van der Waals surface area contributed by atoms with Crippen molar-refractivity contribution < 1.29 is 15.8 Å². The number of hydrogen-bond acceptors (Lipinski definition) is 7. The van der Waals surface area contributed by atoms with Crippen LogP contribution in [0.1, 0.15) is 26.2 Å². The standard InChI is InChI=1S/C16H18N4O2.CH4O.H2/c1-2-13-15(18-19-22-13)20-9-8-12-14(10-20)21-16(17-12)11-6-4-3-5-7-11;1-2;/h3-7,13,19H,2,8-10H2,1H3;2H,1H3;1H/t13-;;/m0../s1. The summed E-state index contributed by atoms with van der Waals surface area (Å²) in [5.41, 5.74) is 4.69. The minimum Gasteiger partial charge on any atom is -0.439 e. The Bertz CT molecular complexity index is 705. The van der Waals surface area contributed by atoms with Crippen LogP contribution in [0.2, 0.25) is 0 Å². The van der Waals surface area contributed by atoms with Crippen molar-refractivity contribution in [3.8, 4) is 11.5 Å². The maximum atomic E-state index is 7.00. The Morgan fingerprint density at radius 3 is 2.88 bits per heavy atom. The molecule has 0 aliphatic carbocycles. The second-order valence-electron chi connectivity index (χ2n) is 5.50. The summed E-state index contributed by atoms with van der Waals surface area (Å²) in [7, 11) is 1.00. The molecule has 130 valence electrons. The van der Waals surface area contributed by atoms with Gasteiger partial charge in [0.1, 0.15) is 11.9 Å². The van der Waals surface area contributed by atoms with Gasteiger partial charge in [0.05, 0.1) is 12.2 Å². The van der Waals surface area contributed by atoms with E-state index in [4.69, 9.17) is 14.4 Å². The van der Waals surface area contributed by atoms with Crippen molar-refractivity contribution in [3.63, 3.8) is 0 Å². The van der Waals surface area contributed by atoms with Crippen molar-refractivity contribution in [2.45, 2.75) is 32.4 Å². The smallest absolute Gasteiger partial charge is 0.226 e. The van der Waals surface area contributed by atoms with Crippen LogP contribution < -0.4 is 5.59 Å². The summed E-state index contributed by atoms with van der Waals surface area (Å²) in [6, 6.07) is 10.0. The van der Waals surface area contributed by atoms with Crippen molar-refractivity contribution in [1.82, 2.24) is 15.5 Å². The number of rotatable bonds is 2. The van der Waals surface area contributed by atoms with E-state index in [1.54, 1.807) is 0 Å². The number of aliphatic hydroxyl groups excluding tert-OH is 1. The monoisotopic (exact) mass is 332 g/mol. The molecule has 0 saturated carbocycles. The molecule has 0 amide bonds. The number of nitrogens with zero attached hydrogens (tertiary/aromatic N) is 3. The summed E-state index contributed by atoms with van der Waals surface area (Å²) in [6.45, 7) is 3.66. The Hall–Kier alpha value is -2.38. The van der Waals surface area contributed by atoms with Gasteiger partial charge in [0, 0.05) is 27.1 Å². The number of oxazole rings is 1. The second kappa shape index (κ2) is 7.46. The van der Waals surface area contributed by atoms with Gasteiger partial charge in [-0.25, -0.2) is 9.82 Å². The van der Waals surface area contributed by atoms with E-state index in [1.165, 1.54) is 0 Å². The molecule has 0 saturated heterocycles. The molecule has 1 aromatic carbocycles. The van der Waals surface area contributed by atoms with Crippen molar-refractivity contribution >= 4 is 5.84 Å². The lowest BCUT2D eigenvalue weighted by Gasteiger charge is -2.28. The largest absolute Gasteiger partial charge is 0.439 e. The van der Waals surface area contributed by atoms with E-state index in [0.29, 0.717) is 12.4 Å². The van der Waals surface area contributed by atoms with E-state index in [0.717, 1.165) is 49.3 Å². The van der Waals surface area contributed by atoms with Gasteiger partial charge in [0.2, 0.25) is 5.89 Å². The fourth-order valence-corrected chi connectivity index (χ4v) is 2.90. The fourth-order valence-electron chi connectivity index (χ4n) is 2.90. The van der Waals surface area contributed by atoms with Gasteiger partial charge in [-0.1, -0.05) is 25.1 Å². The highest BCUT2D eigenvalue weighted by Crippen LogP contribution is 2.27. The number of aromatic nitrogens is 1.